The van der Waals surface area contributed by atoms with Gasteiger partial charge in [0, 0.05) is 18.0 Å². The van der Waals surface area contributed by atoms with Crippen molar-refractivity contribution in [3.05, 3.63) is 77.9 Å². The summed E-state index contributed by atoms with van der Waals surface area (Å²) in [5, 5.41) is 4.40. The summed E-state index contributed by atoms with van der Waals surface area (Å²) in [5.41, 5.74) is 3.73. The number of alkyl halides is 3. The van der Waals surface area contributed by atoms with Gasteiger partial charge in [0.2, 0.25) is 0 Å². The fourth-order valence-electron chi connectivity index (χ4n) is 2.43. The molecule has 1 heterocycles. The van der Waals surface area contributed by atoms with Crippen molar-refractivity contribution in [2.24, 2.45) is 5.73 Å². The Balaban J connectivity index is 1.64. The average Bonchev–Trinajstić information content (AvgIpc) is 2.70. The van der Waals surface area contributed by atoms with Crippen LogP contribution in [0.4, 0.5) is 33.7 Å². The van der Waals surface area contributed by atoms with E-state index in [0.29, 0.717) is 29.7 Å². The summed E-state index contributed by atoms with van der Waals surface area (Å²) < 4.78 is 57.5. The van der Waals surface area contributed by atoms with E-state index in [9.17, 15) is 27.2 Å². The van der Waals surface area contributed by atoms with Crippen LogP contribution in [-0.4, -0.2) is 16.9 Å². The van der Waals surface area contributed by atoms with E-state index < -0.39 is 35.2 Å². The van der Waals surface area contributed by atoms with E-state index in [1.807, 2.05) is 5.32 Å². The fourth-order valence-corrected chi connectivity index (χ4v) is 2.43. The summed E-state index contributed by atoms with van der Waals surface area (Å²) in [7, 11) is 0. The molecule has 2 aromatic carbocycles. The highest BCUT2D eigenvalue weighted by molar-refractivity contribution is 5.99. The Morgan fingerprint density at radius 2 is 1.65 bits per heavy atom. The highest BCUT2D eigenvalue weighted by Gasteiger charge is 2.31. The summed E-state index contributed by atoms with van der Waals surface area (Å²) in [6.07, 6.45) is -3.33. The first-order valence-electron chi connectivity index (χ1n) is 8.60. The second-order valence-electron chi connectivity index (χ2n) is 6.14. The first kappa shape index (κ1) is 21.6. The van der Waals surface area contributed by atoms with E-state index in [1.165, 1.54) is 42.6 Å². The summed E-state index contributed by atoms with van der Waals surface area (Å²) in [6, 6.07) is 9.51. The van der Waals surface area contributed by atoms with E-state index in [2.05, 4.69) is 10.3 Å². The highest BCUT2D eigenvalue weighted by Crippen LogP contribution is 2.32. The molecule has 0 aliphatic heterocycles. The van der Waals surface area contributed by atoms with Crippen molar-refractivity contribution in [1.29, 1.82) is 0 Å². The van der Waals surface area contributed by atoms with E-state index in [0.717, 1.165) is 0 Å². The summed E-state index contributed by atoms with van der Waals surface area (Å²) in [6.45, 7) is 0. The molecular formula is C20H14F4N4O3. The van der Waals surface area contributed by atoms with Gasteiger partial charge >= 0.3 is 12.2 Å². The number of anilines is 2. The molecule has 0 atom stereocenters. The molecule has 1 aromatic heterocycles. The molecule has 3 aromatic rings. The smallest absolute Gasteiger partial charge is 0.416 e. The van der Waals surface area contributed by atoms with Crippen LogP contribution in [0.5, 0.6) is 11.5 Å². The van der Waals surface area contributed by atoms with Gasteiger partial charge in [0.1, 0.15) is 23.0 Å². The van der Waals surface area contributed by atoms with Crippen LogP contribution in [0, 0.1) is 5.82 Å². The molecule has 3 rings (SSSR count). The molecule has 11 heteroatoms. The van der Waals surface area contributed by atoms with Crippen molar-refractivity contribution >= 4 is 23.3 Å². The van der Waals surface area contributed by atoms with Crippen molar-refractivity contribution in [3.63, 3.8) is 0 Å². The van der Waals surface area contributed by atoms with Gasteiger partial charge in [-0.25, -0.2) is 9.18 Å². The zero-order valence-electron chi connectivity index (χ0n) is 15.5. The number of urea groups is 1. The quantitative estimate of drug-likeness (QED) is 0.503. The molecule has 0 radical (unpaired) electrons. The molecule has 160 valence electrons. The van der Waals surface area contributed by atoms with Crippen molar-refractivity contribution in [1.82, 2.24) is 4.98 Å². The molecule has 7 nitrogen and oxygen atoms in total. The van der Waals surface area contributed by atoms with Crippen molar-refractivity contribution < 1.29 is 31.9 Å². The number of rotatable bonds is 5. The number of carbonyl (C=O) groups excluding carboxylic acids is 2. The minimum Gasteiger partial charge on any atom is -0.457 e. The predicted octanol–water partition coefficient (Wildman–Crippen LogP) is 4.77. The maximum atomic E-state index is 13.7. The number of hydrogen-bond acceptors (Lipinski definition) is 4. The van der Waals surface area contributed by atoms with E-state index in [-0.39, 0.29) is 11.4 Å². The lowest BCUT2D eigenvalue weighted by atomic mass is 10.2. The molecular weight excluding hydrogens is 420 g/mol. The van der Waals surface area contributed by atoms with Gasteiger partial charge in [-0.1, -0.05) is 0 Å². The largest absolute Gasteiger partial charge is 0.457 e. The standard InChI is InChI=1S/C20H14F4N4O3/c21-15-6-1-11(20(22,23)24)9-16(15)28-19(30)27-12-2-4-13(5-3-12)31-14-7-8-26-17(10-14)18(25)29/h1-10H,(H2,25,29)(H2,27,28,30). The second kappa shape index (κ2) is 8.69. The summed E-state index contributed by atoms with van der Waals surface area (Å²) in [5.74, 6) is -1.06. The molecule has 0 spiro atoms. The Bertz CT molecular complexity index is 1120. The third-order valence-electron chi connectivity index (χ3n) is 3.87. The lowest BCUT2D eigenvalue weighted by molar-refractivity contribution is -0.137. The first-order chi connectivity index (χ1) is 14.6. The Morgan fingerprint density at radius 3 is 2.29 bits per heavy atom. The average molecular weight is 434 g/mol. The maximum absolute atomic E-state index is 13.7. The molecule has 0 aliphatic rings. The van der Waals surface area contributed by atoms with Crippen LogP contribution in [0.15, 0.2) is 60.8 Å². The van der Waals surface area contributed by atoms with E-state index in [4.69, 9.17) is 10.5 Å². The molecule has 31 heavy (non-hydrogen) atoms. The highest BCUT2D eigenvalue weighted by atomic mass is 19.4. The van der Waals surface area contributed by atoms with Gasteiger partial charge in [0.05, 0.1) is 11.3 Å². The number of nitrogens with zero attached hydrogens (tertiary/aromatic N) is 1. The SMILES string of the molecule is NC(=O)c1cc(Oc2ccc(NC(=O)Nc3cc(C(F)(F)F)ccc3F)cc2)ccn1. The topological polar surface area (TPSA) is 106 Å². The normalized spacial score (nSPS) is 11.0. The van der Waals surface area contributed by atoms with Gasteiger partial charge in [-0.2, -0.15) is 13.2 Å². The van der Waals surface area contributed by atoms with Crippen LogP contribution in [-0.2, 0) is 6.18 Å². The molecule has 3 amide bonds. The summed E-state index contributed by atoms with van der Waals surface area (Å²) in [4.78, 5) is 27.0. The zero-order valence-corrected chi connectivity index (χ0v) is 15.5. The van der Waals surface area contributed by atoms with Gasteiger partial charge in [-0.3, -0.25) is 9.78 Å². The third-order valence-corrected chi connectivity index (χ3v) is 3.87. The molecule has 0 saturated carbocycles. The number of carbonyl (C=O) groups is 2. The minimum atomic E-state index is -4.68. The number of hydrogen-bond donors (Lipinski definition) is 3. The number of ether oxygens (including phenoxy) is 1. The molecule has 4 N–H and O–H groups in total. The first-order valence-corrected chi connectivity index (χ1v) is 8.60. The van der Waals surface area contributed by atoms with Crippen molar-refractivity contribution in [2.45, 2.75) is 6.18 Å². The fraction of sp³-hybridized carbons (Fsp3) is 0.0500. The molecule has 0 unspecified atom stereocenters. The predicted molar refractivity (Wildman–Crippen MR) is 103 cm³/mol. The lowest BCUT2D eigenvalue weighted by Crippen LogP contribution is -2.20. The minimum absolute atomic E-state index is 0.0225. The van der Waals surface area contributed by atoms with Crippen LogP contribution < -0.4 is 21.1 Å². The van der Waals surface area contributed by atoms with E-state index in [1.54, 1.807) is 0 Å². The monoisotopic (exact) mass is 434 g/mol. The van der Waals surface area contributed by atoms with Gasteiger partial charge < -0.3 is 21.1 Å². The van der Waals surface area contributed by atoms with Gasteiger partial charge in [0.25, 0.3) is 5.91 Å². The number of benzene rings is 2. The number of primary amides is 1. The van der Waals surface area contributed by atoms with Crippen molar-refractivity contribution in [2.75, 3.05) is 10.6 Å². The number of amides is 3. The molecule has 0 saturated heterocycles. The van der Waals surface area contributed by atoms with Crippen LogP contribution >= 0.6 is 0 Å². The Morgan fingerprint density at radius 1 is 0.935 bits per heavy atom. The van der Waals surface area contributed by atoms with Crippen LogP contribution in [0.3, 0.4) is 0 Å². The van der Waals surface area contributed by atoms with Crippen LogP contribution in [0.25, 0.3) is 0 Å². The number of pyridine rings is 1. The van der Waals surface area contributed by atoms with E-state index >= 15 is 0 Å². The second-order valence-corrected chi connectivity index (χ2v) is 6.14. The van der Waals surface area contributed by atoms with Gasteiger partial charge in [-0.05, 0) is 48.5 Å². The summed E-state index contributed by atoms with van der Waals surface area (Å²) >= 11 is 0. The third kappa shape index (κ3) is 5.69. The molecule has 0 aliphatic carbocycles. The zero-order chi connectivity index (χ0) is 22.6. The number of halogens is 4. The van der Waals surface area contributed by atoms with Crippen molar-refractivity contribution in [3.8, 4) is 11.5 Å². The number of aromatic nitrogens is 1. The molecule has 0 fully saturated rings. The van der Waals surface area contributed by atoms with Crippen LogP contribution in [0.2, 0.25) is 0 Å². The number of nitrogens with one attached hydrogen (secondary N) is 2. The Labute approximate surface area is 172 Å². The maximum Gasteiger partial charge on any atom is 0.416 e. The number of nitrogens with two attached hydrogens (primary N) is 1. The van der Waals surface area contributed by atoms with Gasteiger partial charge in [0.15, 0.2) is 0 Å². The van der Waals surface area contributed by atoms with Crippen LogP contribution in [0.1, 0.15) is 16.1 Å². The molecule has 0 bridgehead atoms. The Hall–Kier alpha value is -4.15. The lowest BCUT2D eigenvalue weighted by Gasteiger charge is -2.12. The Kier molecular flexibility index (Phi) is 6.05. The van der Waals surface area contributed by atoms with Gasteiger partial charge in [-0.15, -0.1) is 0 Å².